The summed E-state index contributed by atoms with van der Waals surface area (Å²) < 4.78 is 26.0. The second-order valence-electron chi connectivity index (χ2n) is 5.02. The number of amides is 1. The van der Waals surface area contributed by atoms with Crippen LogP contribution in [0.15, 0.2) is 55.0 Å². The number of rotatable bonds is 4. The summed E-state index contributed by atoms with van der Waals surface area (Å²) in [6, 6.07) is 10.7. The Kier molecular flexibility index (Phi) is 4.14. The third-order valence-corrected chi connectivity index (χ3v) is 3.30. The highest BCUT2D eigenvalue weighted by Gasteiger charge is 2.08. The number of nitrogens with zero attached hydrogens (tertiary/aromatic N) is 1. The molecular weight excluding hydrogens is 300 g/mol. The number of anilines is 1. The quantitative estimate of drug-likeness (QED) is 0.774. The summed E-state index contributed by atoms with van der Waals surface area (Å²) in [4.78, 5) is 19.0. The van der Waals surface area contributed by atoms with E-state index in [1.165, 1.54) is 6.07 Å². The molecule has 6 heteroatoms. The van der Waals surface area contributed by atoms with Crippen molar-refractivity contribution in [2.75, 3.05) is 5.32 Å². The molecule has 0 saturated carbocycles. The minimum absolute atomic E-state index is 0.0362. The van der Waals surface area contributed by atoms with E-state index in [9.17, 15) is 13.6 Å². The molecule has 0 atom stereocenters. The predicted molar refractivity (Wildman–Crippen MR) is 82.7 cm³/mol. The number of benzene rings is 2. The topological polar surface area (TPSA) is 57.8 Å². The Labute approximate surface area is 131 Å². The van der Waals surface area contributed by atoms with Crippen molar-refractivity contribution in [3.05, 3.63) is 72.2 Å². The van der Waals surface area contributed by atoms with E-state index in [1.54, 1.807) is 24.7 Å². The lowest BCUT2D eigenvalue weighted by molar-refractivity contribution is -0.115. The molecule has 0 spiro atoms. The Morgan fingerprint density at radius 3 is 2.74 bits per heavy atom. The van der Waals surface area contributed by atoms with Crippen LogP contribution >= 0.6 is 0 Å². The maximum Gasteiger partial charge on any atom is 0.228 e. The fourth-order valence-electron chi connectivity index (χ4n) is 2.22. The number of H-pyrrole nitrogens is 1. The van der Waals surface area contributed by atoms with E-state index in [0.29, 0.717) is 11.3 Å². The van der Waals surface area contributed by atoms with Crippen LogP contribution < -0.4 is 5.32 Å². The monoisotopic (exact) mass is 313 g/mol. The highest BCUT2D eigenvalue weighted by Crippen LogP contribution is 2.20. The van der Waals surface area contributed by atoms with E-state index in [2.05, 4.69) is 15.3 Å². The van der Waals surface area contributed by atoms with Crippen molar-refractivity contribution in [3.8, 4) is 11.3 Å². The smallest absolute Gasteiger partial charge is 0.228 e. The number of aromatic amines is 1. The van der Waals surface area contributed by atoms with Crippen LogP contribution in [0, 0.1) is 11.6 Å². The van der Waals surface area contributed by atoms with E-state index < -0.39 is 11.6 Å². The summed E-state index contributed by atoms with van der Waals surface area (Å²) >= 11 is 0. The maximum absolute atomic E-state index is 13.2. The Bertz CT molecular complexity index is 832. The van der Waals surface area contributed by atoms with Gasteiger partial charge in [0.25, 0.3) is 0 Å². The Balaban J connectivity index is 1.70. The molecule has 0 aliphatic heterocycles. The number of carbonyl (C=O) groups excluding carboxylic acids is 1. The van der Waals surface area contributed by atoms with Gasteiger partial charge in [-0.1, -0.05) is 18.2 Å². The normalized spacial score (nSPS) is 10.5. The van der Waals surface area contributed by atoms with Crippen molar-refractivity contribution in [2.24, 2.45) is 0 Å². The summed E-state index contributed by atoms with van der Waals surface area (Å²) in [7, 11) is 0. The molecule has 1 amide bonds. The number of hydrogen-bond acceptors (Lipinski definition) is 2. The average Bonchev–Trinajstić information content (AvgIpc) is 3.05. The SMILES string of the molecule is O=C(Cc1ccc(F)c(F)c1)Nc1cccc(-c2cnc[nH]2)c1. The fourth-order valence-corrected chi connectivity index (χ4v) is 2.22. The molecule has 3 aromatic rings. The molecule has 3 rings (SSSR count). The molecule has 4 nitrogen and oxygen atoms in total. The lowest BCUT2D eigenvalue weighted by atomic mass is 10.1. The van der Waals surface area contributed by atoms with Gasteiger partial charge in [-0.15, -0.1) is 0 Å². The number of hydrogen-bond donors (Lipinski definition) is 2. The van der Waals surface area contributed by atoms with E-state index >= 15 is 0 Å². The fraction of sp³-hybridized carbons (Fsp3) is 0.0588. The highest BCUT2D eigenvalue weighted by molar-refractivity contribution is 5.92. The molecule has 116 valence electrons. The number of carbonyl (C=O) groups is 1. The first kappa shape index (κ1) is 14.9. The molecule has 2 N–H and O–H groups in total. The number of halogens is 2. The Hall–Kier alpha value is -3.02. The van der Waals surface area contributed by atoms with E-state index in [1.807, 2.05) is 12.1 Å². The second kappa shape index (κ2) is 6.39. The molecule has 0 saturated heterocycles. The summed E-state index contributed by atoms with van der Waals surface area (Å²) in [5, 5.41) is 2.74. The number of aromatic nitrogens is 2. The zero-order chi connectivity index (χ0) is 16.2. The van der Waals surface area contributed by atoms with Crippen LogP contribution in [0.4, 0.5) is 14.5 Å². The first-order valence-electron chi connectivity index (χ1n) is 6.94. The standard InChI is InChI=1S/C17H13F2N3O/c18-14-5-4-11(6-15(14)19)7-17(23)22-13-3-1-2-12(8-13)16-9-20-10-21-16/h1-6,8-10H,7H2,(H,20,21)(H,22,23). The number of imidazole rings is 1. The van der Waals surface area contributed by atoms with Crippen LogP contribution in [-0.2, 0) is 11.2 Å². The third kappa shape index (κ3) is 3.60. The van der Waals surface area contributed by atoms with E-state index in [0.717, 1.165) is 23.4 Å². The van der Waals surface area contributed by atoms with Gasteiger partial charge in [0.05, 0.1) is 24.6 Å². The molecule has 0 aliphatic rings. The zero-order valence-electron chi connectivity index (χ0n) is 12.0. The van der Waals surface area contributed by atoms with Crippen LogP contribution in [0.5, 0.6) is 0 Å². The van der Waals surface area contributed by atoms with Crippen LogP contribution in [0.3, 0.4) is 0 Å². The molecular formula is C17H13F2N3O. The maximum atomic E-state index is 13.2. The van der Waals surface area contributed by atoms with Crippen molar-refractivity contribution >= 4 is 11.6 Å². The molecule has 0 radical (unpaired) electrons. The first-order valence-corrected chi connectivity index (χ1v) is 6.94. The minimum atomic E-state index is -0.962. The second-order valence-corrected chi connectivity index (χ2v) is 5.02. The van der Waals surface area contributed by atoms with Crippen LogP contribution in [0.25, 0.3) is 11.3 Å². The van der Waals surface area contributed by atoms with Gasteiger partial charge in [-0.2, -0.15) is 0 Å². The molecule has 0 bridgehead atoms. The molecule has 2 aromatic carbocycles. The summed E-state index contributed by atoms with van der Waals surface area (Å²) in [6.07, 6.45) is 3.22. The van der Waals surface area contributed by atoms with Gasteiger partial charge in [-0.3, -0.25) is 4.79 Å². The van der Waals surface area contributed by atoms with Crippen molar-refractivity contribution in [1.82, 2.24) is 9.97 Å². The van der Waals surface area contributed by atoms with Gasteiger partial charge in [0.2, 0.25) is 5.91 Å². The van der Waals surface area contributed by atoms with Crippen molar-refractivity contribution in [3.63, 3.8) is 0 Å². The van der Waals surface area contributed by atoms with Gasteiger partial charge in [0, 0.05) is 11.3 Å². The molecule has 0 unspecified atom stereocenters. The van der Waals surface area contributed by atoms with Crippen molar-refractivity contribution < 1.29 is 13.6 Å². The van der Waals surface area contributed by atoms with Crippen LogP contribution in [0.1, 0.15) is 5.56 Å². The largest absolute Gasteiger partial charge is 0.345 e. The Morgan fingerprint density at radius 1 is 1.13 bits per heavy atom. The van der Waals surface area contributed by atoms with Crippen molar-refractivity contribution in [2.45, 2.75) is 6.42 Å². The summed E-state index contributed by atoms with van der Waals surface area (Å²) in [6.45, 7) is 0. The van der Waals surface area contributed by atoms with Gasteiger partial charge < -0.3 is 10.3 Å². The minimum Gasteiger partial charge on any atom is -0.345 e. The van der Waals surface area contributed by atoms with Crippen molar-refractivity contribution in [1.29, 1.82) is 0 Å². The highest BCUT2D eigenvalue weighted by atomic mass is 19.2. The van der Waals surface area contributed by atoms with Gasteiger partial charge >= 0.3 is 0 Å². The summed E-state index contributed by atoms with van der Waals surface area (Å²) in [5.74, 6) is -2.20. The first-order chi connectivity index (χ1) is 11.1. The van der Waals surface area contributed by atoms with Gasteiger partial charge in [-0.25, -0.2) is 13.8 Å². The lowest BCUT2D eigenvalue weighted by Gasteiger charge is -2.07. The van der Waals surface area contributed by atoms with Crippen LogP contribution in [-0.4, -0.2) is 15.9 Å². The van der Waals surface area contributed by atoms with Gasteiger partial charge in [0.15, 0.2) is 11.6 Å². The van der Waals surface area contributed by atoms with Crippen LogP contribution in [0.2, 0.25) is 0 Å². The van der Waals surface area contributed by atoms with E-state index in [-0.39, 0.29) is 12.3 Å². The molecule has 1 heterocycles. The molecule has 1 aromatic heterocycles. The number of nitrogens with one attached hydrogen (secondary N) is 2. The Morgan fingerprint density at radius 2 is 2.00 bits per heavy atom. The molecule has 0 aliphatic carbocycles. The van der Waals surface area contributed by atoms with Gasteiger partial charge in [-0.05, 0) is 29.8 Å². The van der Waals surface area contributed by atoms with Gasteiger partial charge in [0.1, 0.15) is 0 Å². The molecule has 23 heavy (non-hydrogen) atoms. The summed E-state index contributed by atoms with van der Waals surface area (Å²) in [5.41, 5.74) is 2.74. The van der Waals surface area contributed by atoms with E-state index in [4.69, 9.17) is 0 Å². The predicted octanol–water partition coefficient (Wildman–Crippen LogP) is 3.54. The average molecular weight is 313 g/mol. The molecule has 0 fully saturated rings. The zero-order valence-corrected chi connectivity index (χ0v) is 12.0. The third-order valence-electron chi connectivity index (χ3n) is 3.30. The lowest BCUT2D eigenvalue weighted by Crippen LogP contribution is -2.14.